The molecule has 0 amide bonds. The molecule has 1 atom stereocenters. The number of nitrogens with zero attached hydrogens (tertiary/aromatic N) is 2. The third-order valence-corrected chi connectivity index (χ3v) is 5.14. The Morgan fingerprint density at radius 2 is 2.11 bits per heavy atom. The number of hydrogen-bond acceptors (Lipinski definition) is 5. The van der Waals surface area contributed by atoms with E-state index in [1.165, 1.54) is 23.9 Å². The van der Waals surface area contributed by atoms with Crippen molar-refractivity contribution in [1.82, 2.24) is 15.0 Å². The first-order chi connectivity index (χ1) is 13.6. The molecule has 148 valence electrons. The molecule has 0 saturated carbocycles. The number of imidazole rings is 1. The van der Waals surface area contributed by atoms with Crippen molar-refractivity contribution in [3.05, 3.63) is 71.7 Å². The van der Waals surface area contributed by atoms with Crippen molar-refractivity contribution < 1.29 is 14.2 Å². The maximum absolute atomic E-state index is 13.6. The molecule has 0 fully saturated rings. The van der Waals surface area contributed by atoms with Crippen LogP contribution in [0.4, 0.5) is 4.39 Å². The number of rotatable bonds is 9. The van der Waals surface area contributed by atoms with E-state index in [-0.39, 0.29) is 31.1 Å². The zero-order valence-electron chi connectivity index (χ0n) is 15.9. The van der Waals surface area contributed by atoms with Gasteiger partial charge in [-0.2, -0.15) is 0 Å². The molecule has 0 aliphatic rings. The molecule has 0 radical (unpaired) electrons. The number of aliphatic hydroxyl groups is 1. The molecule has 0 aliphatic heterocycles. The van der Waals surface area contributed by atoms with Crippen LogP contribution in [0, 0.1) is 5.82 Å². The highest BCUT2D eigenvalue weighted by molar-refractivity contribution is 7.99. The number of pyridine rings is 1. The lowest BCUT2D eigenvalue weighted by Gasteiger charge is -2.15. The van der Waals surface area contributed by atoms with Gasteiger partial charge in [-0.1, -0.05) is 37.7 Å². The van der Waals surface area contributed by atoms with Gasteiger partial charge in [0.1, 0.15) is 22.8 Å². The van der Waals surface area contributed by atoms with Gasteiger partial charge in [0.25, 0.3) is 0 Å². The van der Waals surface area contributed by atoms with Crippen LogP contribution in [0.1, 0.15) is 43.0 Å². The van der Waals surface area contributed by atoms with Gasteiger partial charge in [-0.25, -0.2) is 9.37 Å². The lowest BCUT2D eigenvalue weighted by molar-refractivity contribution is 0.0233. The Hall–Kier alpha value is -2.22. The Morgan fingerprint density at radius 3 is 2.79 bits per heavy atom. The number of ether oxygens (including phenoxy) is 1. The van der Waals surface area contributed by atoms with Crippen LogP contribution in [0.25, 0.3) is 0 Å². The van der Waals surface area contributed by atoms with Crippen molar-refractivity contribution in [3.63, 3.8) is 0 Å². The van der Waals surface area contributed by atoms with E-state index in [0.29, 0.717) is 12.2 Å². The zero-order valence-corrected chi connectivity index (χ0v) is 16.7. The van der Waals surface area contributed by atoms with Crippen LogP contribution in [-0.2, 0) is 11.2 Å². The zero-order chi connectivity index (χ0) is 19.9. The van der Waals surface area contributed by atoms with Crippen molar-refractivity contribution in [3.8, 4) is 0 Å². The largest absolute Gasteiger partial charge is 0.394 e. The fourth-order valence-corrected chi connectivity index (χ4v) is 3.92. The molecule has 2 aromatic heterocycles. The summed E-state index contributed by atoms with van der Waals surface area (Å²) in [5.41, 5.74) is 1.93. The van der Waals surface area contributed by atoms with Gasteiger partial charge in [0.2, 0.25) is 0 Å². The third kappa shape index (κ3) is 5.41. The second-order valence-electron chi connectivity index (χ2n) is 6.70. The summed E-state index contributed by atoms with van der Waals surface area (Å²) in [4.78, 5) is 13.1. The first-order valence-electron chi connectivity index (χ1n) is 9.21. The molecule has 1 aromatic carbocycles. The van der Waals surface area contributed by atoms with Crippen LogP contribution in [0.2, 0.25) is 0 Å². The van der Waals surface area contributed by atoms with Gasteiger partial charge >= 0.3 is 0 Å². The summed E-state index contributed by atoms with van der Waals surface area (Å²) in [6.45, 7) is 4.29. The van der Waals surface area contributed by atoms with Crippen molar-refractivity contribution in [2.24, 2.45) is 0 Å². The van der Waals surface area contributed by atoms with E-state index in [0.717, 1.165) is 21.2 Å². The molecule has 7 heteroatoms. The van der Waals surface area contributed by atoms with Crippen LogP contribution >= 0.6 is 11.8 Å². The topological polar surface area (TPSA) is 71.0 Å². The molecule has 2 N–H and O–H groups in total. The Bertz CT molecular complexity index is 886. The summed E-state index contributed by atoms with van der Waals surface area (Å²) < 4.78 is 19.4. The van der Waals surface area contributed by atoms with Crippen molar-refractivity contribution >= 4 is 11.8 Å². The smallest absolute Gasteiger partial charge is 0.136 e. The summed E-state index contributed by atoms with van der Waals surface area (Å²) in [7, 11) is 0. The van der Waals surface area contributed by atoms with Gasteiger partial charge in [0.05, 0.1) is 18.9 Å². The second kappa shape index (κ2) is 9.82. The highest BCUT2D eigenvalue weighted by Crippen LogP contribution is 2.34. The van der Waals surface area contributed by atoms with Crippen molar-refractivity contribution in [2.45, 2.75) is 42.2 Å². The van der Waals surface area contributed by atoms with Gasteiger partial charge in [-0.05, 0) is 35.7 Å². The van der Waals surface area contributed by atoms with Gasteiger partial charge in [0, 0.05) is 23.7 Å². The average molecular weight is 402 g/mol. The van der Waals surface area contributed by atoms with Gasteiger partial charge < -0.3 is 14.8 Å². The summed E-state index contributed by atoms with van der Waals surface area (Å²) in [6.07, 6.45) is 3.77. The molecule has 0 aliphatic carbocycles. The molecule has 2 heterocycles. The van der Waals surface area contributed by atoms with Crippen LogP contribution in [-0.4, -0.2) is 33.3 Å². The lowest BCUT2D eigenvalue weighted by Crippen LogP contribution is -2.12. The summed E-state index contributed by atoms with van der Waals surface area (Å²) in [5, 5.41) is 10.1. The van der Waals surface area contributed by atoms with Gasteiger partial charge in [-0.15, -0.1) is 0 Å². The Labute approximate surface area is 168 Å². The quantitative estimate of drug-likeness (QED) is 0.552. The van der Waals surface area contributed by atoms with Crippen molar-refractivity contribution in [2.75, 3.05) is 13.2 Å². The number of aromatic nitrogens is 3. The average Bonchev–Trinajstić information content (AvgIpc) is 3.10. The maximum Gasteiger partial charge on any atom is 0.136 e. The molecular weight excluding hydrogens is 377 g/mol. The minimum Gasteiger partial charge on any atom is -0.394 e. The second-order valence-corrected chi connectivity index (χ2v) is 7.78. The number of H-pyrrole nitrogens is 1. The first kappa shape index (κ1) is 20.5. The maximum atomic E-state index is 13.6. The van der Waals surface area contributed by atoms with Crippen LogP contribution < -0.4 is 0 Å². The number of halogens is 1. The van der Waals surface area contributed by atoms with Gasteiger partial charge in [0.15, 0.2) is 0 Å². The summed E-state index contributed by atoms with van der Waals surface area (Å²) in [6, 6.07) is 10.4. The number of aliphatic hydroxyl groups excluding tert-OH is 1. The third-order valence-electron chi connectivity index (χ3n) is 4.14. The highest BCUT2D eigenvalue weighted by atomic mass is 32.2. The van der Waals surface area contributed by atoms with E-state index in [4.69, 9.17) is 9.72 Å². The van der Waals surface area contributed by atoms with Crippen LogP contribution in [0.3, 0.4) is 0 Å². The van der Waals surface area contributed by atoms with E-state index in [1.54, 1.807) is 18.5 Å². The van der Waals surface area contributed by atoms with E-state index in [2.05, 4.69) is 23.8 Å². The molecule has 1 unspecified atom stereocenters. The molecule has 0 bridgehead atoms. The Balaban J connectivity index is 1.89. The molecule has 5 nitrogen and oxygen atoms in total. The number of hydrogen-bond donors (Lipinski definition) is 2. The standard InChI is InChI=1S/C21H24FN3O2S/c1-14(2)19-21(28-17-7-3-6-16(22)12-17)25-20(24-19)18(27-10-9-26)11-15-5-4-8-23-13-15/h3-8,12-14,18,26H,9-11H2,1-2H3,(H,24,25). The summed E-state index contributed by atoms with van der Waals surface area (Å²) in [5.74, 6) is 0.620. The molecular formula is C21H24FN3O2S. The monoisotopic (exact) mass is 401 g/mol. The molecule has 0 saturated heterocycles. The SMILES string of the molecule is CC(C)c1nc(C(Cc2cccnc2)OCCO)[nH]c1Sc1cccc(F)c1. The minimum atomic E-state index is -0.337. The predicted molar refractivity (Wildman–Crippen MR) is 107 cm³/mol. The fraction of sp³-hybridized carbons (Fsp3) is 0.333. The van der Waals surface area contributed by atoms with E-state index >= 15 is 0 Å². The highest BCUT2D eigenvalue weighted by Gasteiger charge is 2.22. The number of benzene rings is 1. The Morgan fingerprint density at radius 1 is 1.25 bits per heavy atom. The Kier molecular flexibility index (Phi) is 7.19. The van der Waals surface area contributed by atoms with Crippen LogP contribution in [0.5, 0.6) is 0 Å². The van der Waals surface area contributed by atoms with E-state index in [1.807, 2.05) is 18.2 Å². The van der Waals surface area contributed by atoms with Gasteiger partial charge in [-0.3, -0.25) is 4.98 Å². The molecule has 3 rings (SSSR count). The van der Waals surface area contributed by atoms with E-state index in [9.17, 15) is 9.50 Å². The van der Waals surface area contributed by atoms with E-state index < -0.39 is 0 Å². The fourth-order valence-electron chi connectivity index (χ4n) is 2.82. The normalized spacial score (nSPS) is 12.5. The lowest BCUT2D eigenvalue weighted by atomic mass is 10.1. The molecule has 0 spiro atoms. The summed E-state index contributed by atoms with van der Waals surface area (Å²) >= 11 is 1.45. The molecule has 3 aromatic rings. The predicted octanol–water partition coefficient (Wildman–Crippen LogP) is 4.51. The number of nitrogens with one attached hydrogen (secondary N) is 1. The van der Waals surface area contributed by atoms with Crippen LogP contribution in [0.15, 0.2) is 58.7 Å². The number of aromatic amines is 1. The van der Waals surface area contributed by atoms with Crippen molar-refractivity contribution in [1.29, 1.82) is 0 Å². The first-order valence-corrected chi connectivity index (χ1v) is 10.0. The minimum absolute atomic E-state index is 0.0633. The molecule has 28 heavy (non-hydrogen) atoms.